The molecule has 2 aromatic carbocycles. The molecule has 5 heteroatoms. The van der Waals surface area contributed by atoms with Gasteiger partial charge in [-0.2, -0.15) is 0 Å². The van der Waals surface area contributed by atoms with Crippen molar-refractivity contribution in [2.45, 2.75) is 18.8 Å². The van der Waals surface area contributed by atoms with Crippen LogP contribution < -0.4 is 10.9 Å². The third-order valence-electron chi connectivity index (χ3n) is 3.76. The highest BCUT2D eigenvalue weighted by Gasteiger charge is 2.17. The Labute approximate surface area is 144 Å². The van der Waals surface area contributed by atoms with Gasteiger partial charge in [-0.05, 0) is 30.2 Å². The highest BCUT2D eigenvalue weighted by atomic mass is 35.5. The number of carbonyl (C=O) groups excluding carboxylic acids is 1. The molecular weight excluding hydrogens is 326 g/mol. The van der Waals surface area contributed by atoms with Gasteiger partial charge in [0.2, 0.25) is 5.91 Å². The van der Waals surface area contributed by atoms with E-state index >= 15 is 0 Å². The van der Waals surface area contributed by atoms with E-state index in [-0.39, 0.29) is 12.5 Å². The third kappa shape index (κ3) is 3.49. The molecule has 0 spiro atoms. The second-order valence-electron chi connectivity index (χ2n) is 5.58. The number of hydrogen-bond donors (Lipinski definition) is 1. The van der Waals surface area contributed by atoms with Crippen LogP contribution in [0.5, 0.6) is 0 Å². The Morgan fingerprint density at radius 3 is 2.67 bits per heavy atom. The summed E-state index contributed by atoms with van der Waals surface area (Å²) in [6, 6.07) is 16.1. The third-order valence-corrected chi connectivity index (χ3v) is 4.21. The Kier molecular flexibility index (Phi) is 4.67. The first kappa shape index (κ1) is 16.3. The number of fused-ring (bicyclic) bond motifs is 1. The standard InChI is InChI=1S/C19H16ClNO3/c1-12-7-8-16-15(9-12)14(10-17(22)24-16)11-21-19(23)18(20)13-5-3-2-4-6-13/h2-10,18H,11H2,1H3,(H,21,23). The molecule has 0 aliphatic heterocycles. The van der Waals surface area contributed by atoms with Gasteiger partial charge in [-0.25, -0.2) is 4.79 Å². The van der Waals surface area contributed by atoms with Crippen LogP contribution in [0.2, 0.25) is 0 Å². The fraction of sp³-hybridized carbons (Fsp3) is 0.158. The van der Waals surface area contributed by atoms with E-state index < -0.39 is 11.0 Å². The maximum atomic E-state index is 12.3. The van der Waals surface area contributed by atoms with Gasteiger partial charge in [0.25, 0.3) is 0 Å². The highest BCUT2D eigenvalue weighted by molar-refractivity contribution is 6.30. The van der Waals surface area contributed by atoms with Gasteiger partial charge in [0, 0.05) is 18.0 Å². The predicted octanol–water partition coefficient (Wildman–Crippen LogP) is 3.70. The molecule has 1 N–H and O–H groups in total. The molecule has 1 unspecified atom stereocenters. The number of amides is 1. The Bertz CT molecular complexity index is 934. The van der Waals surface area contributed by atoms with Crippen molar-refractivity contribution >= 4 is 28.5 Å². The quantitative estimate of drug-likeness (QED) is 0.581. The van der Waals surface area contributed by atoms with E-state index in [4.69, 9.17) is 16.0 Å². The van der Waals surface area contributed by atoms with E-state index in [0.717, 1.165) is 16.5 Å². The highest BCUT2D eigenvalue weighted by Crippen LogP contribution is 2.21. The van der Waals surface area contributed by atoms with Gasteiger partial charge in [0.1, 0.15) is 11.0 Å². The number of hydrogen-bond acceptors (Lipinski definition) is 3. The molecule has 1 amide bonds. The molecule has 3 rings (SSSR count). The van der Waals surface area contributed by atoms with Gasteiger partial charge in [-0.1, -0.05) is 42.0 Å². The summed E-state index contributed by atoms with van der Waals surface area (Å²) in [6.45, 7) is 2.16. The largest absolute Gasteiger partial charge is 0.423 e. The smallest absolute Gasteiger partial charge is 0.336 e. The van der Waals surface area contributed by atoms with Crippen molar-refractivity contribution in [2.24, 2.45) is 0 Å². The minimum atomic E-state index is -0.778. The number of nitrogens with one attached hydrogen (secondary N) is 1. The maximum absolute atomic E-state index is 12.3. The van der Waals surface area contributed by atoms with Crippen LogP contribution in [0.4, 0.5) is 0 Å². The van der Waals surface area contributed by atoms with Crippen LogP contribution in [0.25, 0.3) is 11.0 Å². The van der Waals surface area contributed by atoms with Crippen LogP contribution in [-0.4, -0.2) is 5.91 Å². The van der Waals surface area contributed by atoms with Crippen molar-refractivity contribution in [3.8, 4) is 0 Å². The fourth-order valence-electron chi connectivity index (χ4n) is 2.53. The zero-order valence-electron chi connectivity index (χ0n) is 13.1. The lowest BCUT2D eigenvalue weighted by Gasteiger charge is -2.12. The number of alkyl halides is 1. The summed E-state index contributed by atoms with van der Waals surface area (Å²) < 4.78 is 5.19. The van der Waals surface area contributed by atoms with Crippen molar-refractivity contribution < 1.29 is 9.21 Å². The molecule has 0 bridgehead atoms. The molecule has 24 heavy (non-hydrogen) atoms. The Morgan fingerprint density at radius 2 is 1.92 bits per heavy atom. The number of benzene rings is 2. The minimum absolute atomic E-state index is 0.209. The molecule has 0 aliphatic rings. The summed E-state index contributed by atoms with van der Waals surface area (Å²) in [7, 11) is 0. The van der Waals surface area contributed by atoms with E-state index in [1.165, 1.54) is 6.07 Å². The summed E-state index contributed by atoms with van der Waals surface area (Å²) in [5.74, 6) is -0.308. The van der Waals surface area contributed by atoms with E-state index in [1.807, 2.05) is 37.3 Å². The molecule has 122 valence electrons. The lowest BCUT2D eigenvalue weighted by atomic mass is 10.1. The second-order valence-corrected chi connectivity index (χ2v) is 6.02. The summed E-state index contributed by atoms with van der Waals surface area (Å²) >= 11 is 6.21. The molecule has 1 atom stereocenters. The number of halogens is 1. The first-order valence-electron chi connectivity index (χ1n) is 7.55. The number of aryl methyl sites for hydroxylation is 1. The van der Waals surface area contributed by atoms with Crippen molar-refractivity contribution in [1.82, 2.24) is 5.32 Å². The first-order chi connectivity index (χ1) is 11.5. The lowest BCUT2D eigenvalue weighted by Crippen LogP contribution is -2.27. The molecule has 0 saturated carbocycles. The van der Waals surface area contributed by atoms with E-state index in [1.54, 1.807) is 18.2 Å². The van der Waals surface area contributed by atoms with Gasteiger partial charge in [0.15, 0.2) is 0 Å². The van der Waals surface area contributed by atoms with Crippen LogP contribution in [0.1, 0.15) is 22.1 Å². The first-order valence-corrected chi connectivity index (χ1v) is 7.98. The minimum Gasteiger partial charge on any atom is -0.423 e. The SMILES string of the molecule is Cc1ccc2oc(=O)cc(CNC(=O)C(Cl)c3ccccc3)c2c1. The van der Waals surface area contributed by atoms with Crippen LogP contribution >= 0.6 is 11.6 Å². The average Bonchev–Trinajstić information content (AvgIpc) is 2.60. The molecule has 0 saturated heterocycles. The normalized spacial score (nSPS) is 12.1. The zero-order valence-corrected chi connectivity index (χ0v) is 13.8. The lowest BCUT2D eigenvalue weighted by molar-refractivity contribution is -0.121. The van der Waals surface area contributed by atoms with Crippen molar-refractivity contribution in [1.29, 1.82) is 0 Å². The maximum Gasteiger partial charge on any atom is 0.336 e. The average molecular weight is 342 g/mol. The van der Waals surface area contributed by atoms with Gasteiger partial charge < -0.3 is 9.73 Å². The molecule has 0 aliphatic carbocycles. The summed E-state index contributed by atoms with van der Waals surface area (Å²) in [6.07, 6.45) is 0. The van der Waals surface area contributed by atoms with Crippen molar-refractivity contribution in [2.75, 3.05) is 0 Å². The topological polar surface area (TPSA) is 59.3 Å². The van der Waals surface area contributed by atoms with Crippen LogP contribution in [-0.2, 0) is 11.3 Å². The molecule has 0 radical (unpaired) electrons. The predicted molar refractivity (Wildman–Crippen MR) is 94.1 cm³/mol. The molecular formula is C19H16ClNO3. The van der Waals surface area contributed by atoms with E-state index in [2.05, 4.69) is 5.32 Å². The van der Waals surface area contributed by atoms with Gasteiger partial charge in [-0.3, -0.25) is 4.79 Å². The van der Waals surface area contributed by atoms with Crippen molar-refractivity contribution in [3.63, 3.8) is 0 Å². The van der Waals surface area contributed by atoms with Gasteiger partial charge >= 0.3 is 5.63 Å². The second kappa shape index (κ2) is 6.89. The van der Waals surface area contributed by atoms with Crippen LogP contribution in [0.3, 0.4) is 0 Å². The van der Waals surface area contributed by atoms with Crippen LogP contribution in [0, 0.1) is 6.92 Å². The molecule has 4 nitrogen and oxygen atoms in total. The molecule has 0 fully saturated rings. The van der Waals surface area contributed by atoms with E-state index in [0.29, 0.717) is 11.1 Å². The zero-order chi connectivity index (χ0) is 17.1. The molecule has 1 aromatic heterocycles. The Morgan fingerprint density at radius 1 is 1.17 bits per heavy atom. The van der Waals surface area contributed by atoms with Gasteiger partial charge in [-0.15, -0.1) is 11.6 Å². The fourth-order valence-corrected chi connectivity index (χ4v) is 2.76. The number of rotatable bonds is 4. The monoisotopic (exact) mass is 341 g/mol. The van der Waals surface area contributed by atoms with Gasteiger partial charge in [0.05, 0.1) is 0 Å². The molecule has 1 heterocycles. The number of carbonyl (C=O) groups is 1. The summed E-state index contributed by atoms with van der Waals surface area (Å²) in [5, 5.41) is 2.81. The van der Waals surface area contributed by atoms with Crippen molar-refractivity contribution in [3.05, 3.63) is 81.7 Å². The summed E-state index contributed by atoms with van der Waals surface area (Å²) in [4.78, 5) is 23.9. The van der Waals surface area contributed by atoms with E-state index in [9.17, 15) is 9.59 Å². The Hall–Kier alpha value is -2.59. The summed E-state index contributed by atoms with van der Waals surface area (Å²) in [5.41, 5.74) is 2.53. The molecule has 3 aromatic rings. The van der Waals surface area contributed by atoms with Crippen LogP contribution in [0.15, 0.2) is 63.8 Å². The Balaban J connectivity index is 1.82.